The summed E-state index contributed by atoms with van der Waals surface area (Å²) in [4.78, 5) is 24.0. The van der Waals surface area contributed by atoms with Crippen LogP contribution in [-0.4, -0.2) is 20.9 Å². The molecule has 19 heavy (non-hydrogen) atoms. The lowest BCUT2D eigenvalue weighted by atomic mass is 10.1. The summed E-state index contributed by atoms with van der Waals surface area (Å²) in [5, 5.41) is 3.73. The highest BCUT2D eigenvalue weighted by Crippen LogP contribution is 2.14. The average Bonchev–Trinajstić information content (AvgIpc) is 2.48. The Balaban J connectivity index is 1.89. The molecule has 0 atom stereocenters. The lowest BCUT2D eigenvalue weighted by molar-refractivity contribution is 0.102. The Morgan fingerprint density at radius 2 is 1.95 bits per heavy atom. The molecule has 1 amide bonds. The topological polar surface area (TPSA) is 67.8 Å². The molecule has 1 aromatic carbocycles. The molecule has 0 fully saturated rings. The monoisotopic (exact) mass is 250 g/mol. The predicted molar refractivity (Wildman–Crippen MR) is 71.7 cm³/mol. The van der Waals surface area contributed by atoms with E-state index in [2.05, 4.69) is 20.3 Å². The van der Waals surface area contributed by atoms with Crippen LogP contribution in [0.1, 0.15) is 10.4 Å². The predicted octanol–water partition coefficient (Wildman–Crippen LogP) is 2.28. The highest BCUT2D eigenvalue weighted by molar-refractivity contribution is 6.05. The van der Waals surface area contributed by atoms with Crippen LogP contribution in [-0.2, 0) is 0 Å². The molecule has 5 nitrogen and oxygen atoms in total. The number of anilines is 1. The number of pyridine rings is 1. The number of nitrogens with zero attached hydrogens (tertiary/aromatic N) is 3. The number of nitrogens with one attached hydrogen (secondary N) is 1. The maximum atomic E-state index is 12.1. The number of benzene rings is 1. The molecule has 2 heterocycles. The van der Waals surface area contributed by atoms with E-state index in [-0.39, 0.29) is 5.91 Å². The molecule has 0 aliphatic rings. The Morgan fingerprint density at radius 3 is 2.79 bits per heavy atom. The largest absolute Gasteiger partial charge is 0.319 e. The van der Waals surface area contributed by atoms with Crippen molar-refractivity contribution in [2.75, 3.05) is 5.32 Å². The van der Waals surface area contributed by atoms with Gasteiger partial charge in [0, 0.05) is 17.1 Å². The second kappa shape index (κ2) is 4.81. The highest BCUT2D eigenvalue weighted by atomic mass is 16.1. The molecular weight excluding hydrogens is 240 g/mol. The Labute approximate surface area is 109 Å². The molecule has 3 aromatic rings. The highest BCUT2D eigenvalue weighted by Gasteiger charge is 2.07. The number of hydrogen-bond donors (Lipinski definition) is 1. The van der Waals surface area contributed by atoms with Gasteiger partial charge in [-0.15, -0.1) is 0 Å². The van der Waals surface area contributed by atoms with E-state index in [9.17, 15) is 4.79 Å². The van der Waals surface area contributed by atoms with Crippen LogP contribution in [0.15, 0.2) is 55.2 Å². The third-order valence-corrected chi connectivity index (χ3v) is 2.69. The first kappa shape index (κ1) is 11.3. The summed E-state index contributed by atoms with van der Waals surface area (Å²) < 4.78 is 0. The van der Waals surface area contributed by atoms with Gasteiger partial charge in [-0.3, -0.25) is 9.78 Å². The number of carbonyl (C=O) groups is 1. The van der Waals surface area contributed by atoms with Crippen molar-refractivity contribution in [3.05, 3.63) is 60.8 Å². The molecule has 92 valence electrons. The maximum absolute atomic E-state index is 12.1. The van der Waals surface area contributed by atoms with E-state index in [1.807, 2.05) is 18.2 Å². The van der Waals surface area contributed by atoms with E-state index in [1.165, 1.54) is 6.33 Å². The third-order valence-electron chi connectivity index (χ3n) is 2.69. The number of carbonyl (C=O) groups excluding carboxylic acids is 1. The van der Waals surface area contributed by atoms with Gasteiger partial charge in [-0.25, -0.2) is 9.97 Å². The molecule has 0 aliphatic heterocycles. The van der Waals surface area contributed by atoms with Crippen LogP contribution in [0.4, 0.5) is 5.69 Å². The molecule has 2 aromatic heterocycles. The Hall–Kier alpha value is -2.82. The number of amides is 1. The first-order valence-corrected chi connectivity index (χ1v) is 5.74. The zero-order chi connectivity index (χ0) is 13.1. The van der Waals surface area contributed by atoms with Crippen molar-refractivity contribution >= 4 is 22.5 Å². The molecule has 3 rings (SSSR count). The van der Waals surface area contributed by atoms with Crippen LogP contribution in [0, 0.1) is 0 Å². The summed E-state index contributed by atoms with van der Waals surface area (Å²) in [7, 11) is 0. The van der Waals surface area contributed by atoms with Crippen LogP contribution in [0.2, 0.25) is 0 Å². The van der Waals surface area contributed by atoms with Crippen LogP contribution < -0.4 is 5.32 Å². The number of fused-ring (bicyclic) bond motifs is 1. The molecule has 1 N–H and O–H groups in total. The van der Waals surface area contributed by atoms with E-state index in [0.717, 1.165) is 10.9 Å². The number of rotatable bonds is 2. The van der Waals surface area contributed by atoms with Gasteiger partial charge in [-0.1, -0.05) is 12.1 Å². The number of aromatic nitrogens is 3. The molecule has 0 aliphatic carbocycles. The van der Waals surface area contributed by atoms with E-state index in [4.69, 9.17) is 0 Å². The summed E-state index contributed by atoms with van der Waals surface area (Å²) in [6.45, 7) is 0. The van der Waals surface area contributed by atoms with E-state index < -0.39 is 0 Å². The molecule has 0 radical (unpaired) electrons. The van der Waals surface area contributed by atoms with Gasteiger partial charge < -0.3 is 5.32 Å². The van der Waals surface area contributed by atoms with Crippen molar-refractivity contribution in [3.8, 4) is 0 Å². The summed E-state index contributed by atoms with van der Waals surface area (Å²) in [6.07, 6.45) is 6.21. The standard InChI is InChI=1S/C14H10N4O/c19-14(18-12-7-15-9-16-8-12)11-4-3-10-2-1-5-17-13(10)6-11/h1-9H,(H,18,19). The van der Waals surface area contributed by atoms with Gasteiger partial charge in [0.1, 0.15) is 6.33 Å². The summed E-state index contributed by atoms with van der Waals surface area (Å²) in [6, 6.07) is 9.22. The van der Waals surface area contributed by atoms with Crippen LogP contribution in [0.3, 0.4) is 0 Å². The van der Waals surface area contributed by atoms with E-state index in [0.29, 0.717) is 11.3 Å². The Morgan fingerprint density at radius 1 is 1.11 bits per heavy atom. The average molecular weight is 250 g/mol. The fraction of sp³-hybridized carbons (Fsp3) is 0. The van der Waals surface area contributed by atoms with Crippen molar-refractivity contribution in [2.24, 2.45) is 0 Å². The zero-order valence-corrected chi connectivity index (χ0v) is 9.95. The summed E-state index contributed by atoms with van der Waals surface area (Å²) in [5.74, 6) is -0.206. The minimum absolute atomic E-state index is 0.206. The lowest BCUT2D eigenvalue weighted by Crippen LogP contribution is -2.12. The smallest absolute Gasteiger partial charge is 0.255 e. The summed E-state index contributed by atoms with van der Waals surface area (Å²) >= 11 is 0. The van der Waals surface area contributed by atoms with Gasteiger partial charge in [-0.2, -0.15) is 0 Å². The molecule has 0 saturated heterocycles. The van der Waals surface area contributed by atoms with Crippen molar-refractivity contribution in [2.45, 2.75) is 0 Å². The van der Waals surface area contributed by atoms with Gasteiger partial charge >= 0.3 is 0 Å². The second-order valence-electron chi connectivity index (χ2n) is 3.99. The van der Waals surface area contributed by atoms with Gasteiger partial charge in [-0.05, 0) is 18.2 Å². The molecule has 0 spiro atoms. The molecule has 0 unspecified atom stereocenters. The SMILES string of the molecule is O=C(Nc1cncnc1)c1ccc2cccnc2c1. The normalized spacial score (nSPS) is 10.3. The van der Waals surface area contributed by atoms with Crippen LogP contribution in [0.25, 0.3) is 10.9 Å². The first-order chi connectivity index (χ1) is 9.33. The van der Waals surface area contributed by atoms with Gasteiger partial charge in [0.05, 0.1) is 23.6 Å². The lowest BCUT2D eigenvalue weighted by Gasteiger charge is -2.05. The molecule has 0 bridgehead atoms. The van der Waals surface area contributed by atoms with Crippen LogP contribution in [0.5, 0.6) is 0 Å². The summed E-state index contributed by atoms with van der Waals surface area (Å²) in [5.41, 5.74) is 1.91. The Bertz CT molecular complexity index is 728. The fourth-order valence-corrected chi connectivity index (χ4v) is 1.77. The van der Waals surface area contributed by atoms with E-state index >= 15 is 0 Å². The third kappa shape index (κ3) is 2.40. The minimum atomic E-state index is -0.206. The van der Waals surface area contributed by atoms with Gasteiger partial charge in [0.2, 0.25) is 0 Å². The maximum Gasteiger partial charge on any atom is 0.255 e. The number of hydrogen-bond acceptors (Lipinski definition) is 4. The van der Waals surface area contributed by atoms with Crippen LogP contribution >= 0.6 is 0 Å². The quantitative estimate of drug-likeness (QED) is 0.757. The van der Waals surface area contributed by atoms with Crippen molar-refractivity contribution in [1.82, 2.24) is 15.0 Å². The molecule has 5 heteroatoms. The fourth-order valence-electron chi connectivity index (χ4n) is 1.77. The van der Waals surface area contributed by atoms with Crippen molar-refractivity contribution in [1.29, 1.82) is 0 Å². The zero-order valence-electron chi connectivity index (χ0n) is 9.95. The van der Waals surface area contributed by atoms with Crippen molar-refractivity contribution < 1.29 is 4.79 Å². The Kier molecular flexibility index (Phi) is 2.86. The first-order valence-electron chi connectivity index (χ1n) is 5.74. The van der Waals surface area contributed by atoms with Gasteiger partial charge in [0.25, 0.3) is 5.91 Å². The van der Waals surface area contributed by atoms with Gasteiger partial charge in [0.15, 0.2) is 0 Å². The molecule has 0 saturated carbocycles. The van der Waals surface area contributed by atoms with E-state index in [1.54, 1.807) is 30.7 Å². The minimum Gasteiger partial charge on any atom is -0.319 e. The second-order valence-corrected chi connectivity index (χ2v) is 3.99. The molecular formula is C14H10N4O. The van der Waals surface area contributed by atoms with Crippen molar-refractivity contribution in [3.63, 3.8) is 0 Å².